The van der Waals surface area contributed by atoms with E-state index >= 15 is 0 Å². The lowest BCUT2D eigenvalue weighted by molar-refractivity contribution is 0.283. The van der Waals surface area contributed by atoms with Crippen molar-refractivity contribution in [2.45, 2.75) is 25.7 Å². The van der Waals surface area contributed by atoms with Gasteiger partial charge in [0, 0.05) is 11.8 Å². The third kappa shape index (κ3) is 4.79. The lowest BCUT2D eigenvalue weighted by atomic mass is 10.2. The van der Waals surface area contributed by atoms with Gasteiger partial charge >= 0.3 is 0 Å². The number of rotatable bonds is 8. The van der Waals surface area contributed by atoms with Crippen LogP contribution in [0.5, 0.6) is 0 Å². The Balaban J connectivity index is 1.87. The lowest BCUT2D eigenvalue weighted by Crippen LogP contribution is -2.06. The molecular formula is C16H21NO3S. The van der Waals surface area contributed by atoms with Gasteiger partial charge in [0.2, 0.25) is 5.55 Å². The smallest absolute Gasteiger partial charge is 0.212 e. The van der Waals surface area contributed by atoms with E-state index in [1.807, 2.05) is 12.1 Å². The Hall–Kier alpha value is -1.46. The van der Waals surface area contributed by atoms with E-state index in [-0.39, 0.29) is 6.61 Å². The minimum Gasteiger partial charge on any atom is -0.511 e. The number of nitrogens with zero attached hydrogens (tertiary/aromatic N) is 1. The van der Waals surface area contributed by atoms with Gasteiger partial charge in [0.15, 0.2) is 5.58 Å². The number of benzene rings is 1. The van der Waals surface area contributed by atoms with Crippen LogP contribution in [0.25, 0.3) is 23.4 Å². The molecule has 1 heterocycles. The summed E-state index contributed by atoms with van der Waals surface area (Å²) in [5, 5.41) is 19.6. The molecule has 2 N–H and O–H groups in total. The largest absolute Gasteiger partial charge is 0.511 e. The summed E-state index contributed by atoms with van der Waals surface area (Å²) in [6.07, 6.45) is 4.20. The van der Waals surface area contributed by atoms with Crippen molar-refractivity contribution in [2.75, 3.05) is 18.1 Å². The first-order valence-electron chi connectivity index (χ1n) is 7.17. The van der Waals surface area contributed by atoms with E-state index in [0.717, 1.165) is 42.2 Å². The molecule has 0 saturated carbocycles. The van der Waals surface area contributed by atoms with Crippen LogP contribution < -0.4 is 10.8 Å². The van der Waals surface area contributed by atoms with Gasteiger partial charge in [-0.1, -0.05) is 12.8 Å². The first-order chi connectivity index (χ1) is 10.2. The maximum atomic E-state index is 10.1. The Morgan fingerprint density at radius 2 is 2.05 bits per heavy atom. The average molecular weight is 307 g/mol. The summed E-state index contributed by atoms with van der Waals surface area (Å²) in [5.74, 6) is 1.97. The number of fused-ring (bicyclic) bond motifs is 1. The van der Waals surface area contributed by atoms with Crippen LogP contribution in [0, 0.1) is 0 Å². The van der Waals surface area contributed by atoms with E-state index < -0.39 is 0 Å². The fourth-order valence-corrected chi connectivity index (χ4v) is 2.99. The summed E-state index contributed by atoms with van der Waals surface area (Å²) in [6.45, 7) is 3.94. The molecule has 1 aromatic carbocycles. The van der Waals surface area contributed by atoms with Gasteiger partial charge in [0.05, 0.1) is 5.75 Å². The summed E-state index contributed by atoms with van der Waals surface area (Å²) < 4.78 is 5.37. The Kier molecular flexibility index (Phi) is 6.14. The van der Waals surface area contributed by atoms with Crippen LogP contribution in [0.3, 0.4) is 0 Å². The van der Waals surface area contributed by atoms with Crippen molar-refractivity contribution in [3.63, 3.8) is 0 Å². The molecular weight excluding hydrogens is 286 g/mol. The molecule has 4 nitrogen and oxygen atoms in total. The number of aliphatic hydroxyl groups is 2. The Morgan fingerprint density at radius 3 is 2.86 bits per heavy atom. The topological polar surface area (TPSA) is 66.5 Å². The third-order valence-electron chi connectivity index (χ3n) is 3.20. The molecule has 2 rings (SSSR count). The van der Waals surface area contributed by atoms with E-state index in [1.54, 1.807) is 17.8 Å². The minimum atomic E-state index is 0.279. The molecule has 21 heavy (non-hydrogen) atoms. The van der Waals surface area contributed by atoms with E-state index in [2.05, 4.69) is 11.6 Å². The SMILES string of the molecule is C=c1nc2ccc(=C(O)CSCCCCCCO)cc2o1. The van der Waals surface area contributed by atoms with Crippen LogP contribution in [0.4, 0.5) is 0 Å². The molecule has 0 aliphatic rings. The monoisotopic (exact) mass is 307 g/mol. The number of unbranched alkanes of at least 4 members (excludes halogenated alkanes) is 3. The summed E-state index contributed by atoms with van der Waals surface area (Å²) >= 11 is 1.72. The Morgan fingerprint density at radius 1 is 1.24 bits per heavy atom. The zero-order valence-corrected chi connectivity index (χ0v) is 12.9. The van der Waals surface area contributed by atoms with Crippen molar-refractivity contribution >= 4 is 35.2 Å². The number of aromatic nitrogens is 1. The van der Waals surface area contributed by atoms with E-state index in [9.17, 15) is 5.11 Å². The molecule has 5 heteroatoms. The fraction of sp³-hybridized carbons (Fsp3) is 0.438. The van der Waals surface area contributed by atoms with E-state index in [1.165, 1.54) is 0 Å². The summed E-state index contributed by atoms with van der Waals surface area (Å²) in [5.41, 5.74) is 1.80. The Labute approximate surface area is 128 Å². The van der Waals surface area contributed by atoms with Crippen molar-refractivity contribution < 1.29 is 14.6 Å². The van der Waals surface area contributed by atoms with Crippen LogP contribution in [-0.2, 0) is 0 Å². The first-order valence-corrected chi connectivity index (χ1v) is 8.32. The second-order valence-electron chi connectivity index (χ2n) is 4.93. The first kappa shape index (κ1) is 15.9. The zero-order valence-electron chi connectivity index (χ0n) is 12.0. The molecule has 0 fully saturated rings. The minimum absolute atomic E-state index is 0.279. The maximum absolute atomic E-state index is 10.1. The summed E-state index contributed by atoms with van der Waals surface area (Å²) in [7, 11) is 0. The number of thioether (sulfide) groups is 1. The van der Waals surface area contributed by atoms with Crippen molar-refractivity contribution in [3.05, 3.63) is 29.0 Å². The molecule has 0 aliphatic heterocycles. The molecule has 1 aromatic heterocycles. The van der Waals surface area contributed by atoms with Crippen LogP contribution >= 0.6 is 11.8 Å². The highest BCUT2D eigenvalue weighted by Gasteiger charge is 2.01. The zero-order chi connectivity index (χ0) is 15.1. The second-order valence-corrected chi connectivity index (χ2v) is 6.03. The van der Waals surface area contributed by atoms with Crippen LogP contribution in [-0.4, -0.2) is 33.3 Å². The quantitative estimate of drug-likeness (QED) is 0.732. The number of oxazole rings is 1. The van der Waals surface area contributed by atoms with Crippen LogP contribution in [0.2, 0.25) is 0 Å². The highest BCUT2D eigenvalue weighted by Crippen LogP contribution is 2.11. The third-order valence-corrected chi connectivity index (χ3v) is 4.26. The molecule has 0 saturated heterocycles. The van der Waals surface area contributed by atoms with E-state index in [4.69, 9.17) is 9.52 Å². The van der Waals surface area contributed by atoms with Crippen molar-refractivity contribution in [3.8, 4) is 0 Å². The van der Waals surface area contributed by atoms with Gasteiger partial charge in [-0.2, -0.15) is 11.8 Å². The molecule has 0 atom stereocenters. The second kappa shape index (κ2) is 8.10. The molecule has 0 amide bonds. The van der Waals surface area contributed by atoms with Gasteiger partial charge in [0.1, 0.15) is 11.3 Å². The Bertz CT molecular complexity index is 680. The van der Waals surface area contributed by atoms with Crippen LogP contribution in [0.15, 0.2) is 22.6 Å². The van der Waals surface area contributed by atoms with Crippen molar-refractivity contribution in [1.82, 2.24) is 4.98 Å². The predicted molar refractivity (Wildman–Crippen MR) is 87.7 cm³/mol. The highest BCUT2D eigenvalue weighted by atomic mass is 32.2. The lowest BCUT2D eigenvalue weighted by Gasteiger charge is -2.02. The molecule has 0 spiro atoms. The number of hydrogen-bond donors (Lipinski definition) is 2. The average Bonchev–Trinajstić information content (AvgIpc) is 2.85. The van der Waals surface area contributed by atoms with Gasteiger partial charge in [-0.15, -0.1) is 0 Å². The molecule has 2 aromatic rings. The molecule has 0 aliphatic carbocycles. The van der Waals surface area contributed by atoms with E-state index in [0.29, 0.717) is 22.6 Å². The van der Waals surface area contributed by atoms with Crippen molar-refractivity contribution in [1.29, 1.82) is 0 Å². The number of hydrogen-bond acceptors (Lipinski definition) is 5. The summed E-state index contributed by atoms with van der Waals surface area (Å²) in [4.78, 5) is 4.13. The van der Waals surface area contributed by atoms with Crippen LogP contribution in [0.1, 0.15) is 25.7 Å². The van der Waals surface area contributed by atoms with Gasteiger partial charge < -0.3 is 14.6 Å². The fourth-order valence-electron chi connectivity index (χ4n) is 2.07. The highest BCUT2D eigenvalue weighted by molar-refractivity contribution is 7.99. The molecule has 114 valence electrons. The van der Waals surface area contributed by atoms with Gasteiger partial charge in [-0.3, -0.25) is 0 Å². The predicted octanol–water partition coefficient (Wildman–Crippen LogP) is 2.19. The molecule has 0 bridgehead atoms. The standard InChI is InChI=1S/C16H21NO3S/c1-12-17-14-7-6-13(10-16(14)20-12)15(19)11-21-9-5-3-2-4-8-18/h6-7,10,18-19H,1-5,8-9,11H2. The van der Waals surface area contributed by atoms with Crippen molar-refractivity contribution in [2.24, 2.45) is 0 Å². The summed E-state index contributed by atoms with van der Waals surface area (Å²) in [6, 6.07) is 5.48. The molecule has 0 radical (unpaired) electrons. The normalized spacial score (nSPS) is 12.8. The van der Waals surface area contributed by atoms with Gasteiger partial charge in [-0.05, 0) is 43.4 Å². The molecule has 0 unspecified atom stereocenters. The van der Waals surface area contributed by atoms with Gasteiger partial charge in [-0.25, -0.2) is 4.98 Å². The number of aliphatic hydroxyl groups excluding tert-OH is 2. The van der Waals surface area contributed by atoms with Gasteiger partial charge in [0.25, 0.3) is 0 Å². The maximum Gasteiger partial charge on any atom is 0.212 e.